The van der Waals surface area contributed by atoms with Gasteiger partial charge in [0.2, 0.25) is 0 Å². The van der Waals surface area contributed by atoms with Gasteiger partial charge in [-0.25, -0.2) is 0 Å². The van der Waals surface area contributed by atoms with Crippen LogP contribution in [0.2, 0.25) is 0 Å². The molecule has 18 heavy (non-hydrogen) atoms. The average Bonchev–Trinajstić information content (AvgIpc) is 2.68. The van der Waals surface area contributed by atoms with Crippen molar-refractivity contribution in [1.82, 2.24) is 8.61 Å². The summed E-state index contributed by atoms with van der Waals surface area (Å²) in [6.45, 7) is 4.42. The van der Waals surface area contributed by atoms with Crippen LogP contribution in [-0.4, -0.2) is 54.3 Å². The van der Waals surface area contributed by atoms with Crippen LogP contribution in [0.15, 0.2) is 0 Å². The molecule has 1 fully saturated rings. The number of nitrogens with zero attached hydrogens (tertiary/aromatic N) is 2. The van der Waals surface area contributed by atoms with Crippen LogP contribution in [0, 0.1) is 5.92 Å². The topological polar surface area (TPSA) is 77.9 Å². The van der Waals surface area contributed by atoms with E-state index >= 15 is 0 Å². The smallest absolute Gasteiger partial charge is 0.308 e. The SMILES string of the molecule is CCCCN(C)S(=O)(=O)N1CCC(C(=O)O)C1C. The molecule has 0 spiro atoms. The molecular weight excluding hydrogens is 256 g/mol. The Hall–Kier alpha value is -0.660. The zero-order valence-corrected chi connectivity index (χ0v) is 12.0. The van der Waals surface area contributed by atoms with Gasteiger partial charge in [-0.15, -0.1) is 0 Å². The predicted octanol–water partition coefficient (Wildman–Crippen LogP) is 0.758. The lowest BCUT2D eigenvalue weighted by molar-refractivity contribution is -0.142. The zero-order chi connectivity index (χ0) is 13.9. The Labute approximate surface area is 109 Å². The molecule has 0 saturated carbocycles. The highest BCUT2D eigenvalue weighted by molar-refractivity contribution is 7.86. The summed E-state index contributed by atoms with van der Waals surface area (Å²) in [5, 5.41) is 9.01. The van der Waals surface area contributed by atoms with Gasteiger partial charge in [-0.1, -0.05) is 13.3 Å². The van der Waals surface area contributed by atoms with Crippen LogP contribution in [0.4, 0.5) is 0 Å². The Morgan fingerprint density at radius 2 is 2.11 bits per heavy atom. The molecule has 1 aliphatic rings. The van der Waals surface area contributed by atoms with Crippen LogP contribution < -0.4 is 0 Å². The monoisotopic (exact) mass is 278 g/mol. The quantitative estimate of drug-likeness (QED) is 0.778. The summed E-state index contributed by atoms with van der Waals surface area (Å²) >= 11 is 0. The Morgan fingerprint density at radius 1 is 1.50 bits per heavy atom. The first-order chi connectivity index (χ1) is 8.32. The molecule has 1 rings (SSSR count). The van der Waals surface area contributed by atoms with Crippen molar-refractivity contribution in [2.24, 2.45) is 5.92 Å². The molecule has 0 aromatic rings. The van der Waals surface area contributed by atoms with Gasteiger partial charge in [-0.2, -0.15) is 17.0 Å². The van der Waals surface area contributed by atoms with Crippen molar-refractivity contribution in [3.8, 4) is 0 Å². The predicted molar refractivity (Wildman–Crippen MR) is 68.4 cm³/mol. The largest absolute Gasteiger partial charge is 0.481 e. The Bertz CT molecular complexity index is 396. The highest BCUT2D eigenvalue weighted by atomic mass is 32.2. The molecule has 1 heterocycles. The van der Waals surface area contributed by atoms with Crippen molar-refractivity contribution in [3.05, 3.63) is 0 Å². The number of carboxylic acids is 1. The van der Waals surface area contributed by atoms with Gasteiger partial charge in [0, 0.05) is 26.2 Å². The fourth-order valence-corrected chi connectivity index (χ4v) is 3.86. The maximum Gasteiger partial charge on any atom is 0.308 e. The van der Waals surface area contributed by atoms with E-state index in [2.05, 4.69) is 0 Å². The Balaban J connectivity index is 2.78. The van der Waals surface area contributed by atoms with Gasteiger partial charge in [0.25, 0.3) is 10.2 Å². The van der Waals surface area contributed by atoms with Crippen molar-refractivity contribution in [2.75, 3.05) is 20.1 Å². The lowest BCUT2D eigenvalue weighted by Gasteiger charge is -2.27. The summed E-state index contributed by atoms with van der Waals surface area (Å²) in [7, 11) is -1.98. The number of carboxylic acid groups (broad SMARTS) is 1. The average molecular weight is 278 g/mol. The maximum atomic E-state index is 12.3. The van der Waals surface area contributed by atoms with Gasteiger partial charge in [0.05, 0.1) is 5.92 Å². The molecule has 2 unspecified atom stereocenters. The number of rotatable bonds is 6. The number of hydrogen-bond donors (Lipinski definition) is 1. The first-order valence-corrected chi connectivity index (χ1v) is 7.68. The van der Waals surface area contributed by atoms with E-state index in [9.17, 15) is 13.2 Å². The molecule has 1 saturated heterocycles. The second-order valence-corrected chi connectivity index (χ2v) is 6.76. The van der Waals surface area contributed by atoms with Crippen molar-refractivity contribution < 1.29 is 18.3 Å². The van der Waals surface area contributed by atoms with E-state index in [1.54, 1.807) is 14.0 Å². The second kappa shape index (κ2) is 5.99. The molecule has 7 heteroatoms. The van der Waals surface area contributed by atoms with E-state index in [4.69, 9.17) is 5.11 Å². The van der Waals surface area contributed by atoms with Crippen LogP contribution in [0.1, 0.15) is 33.1 Å². The first kappa shape index (κ1) is 15.4. The van der Waals surface area contributed by atoms with Gasteiger partial charge in [-0.05, 0) is 19.8 Å². The number of carbonyl (C=O) groups is 1. The van der Waals surface area contributed by atoms with Crippen LogP contribution in [0.5, 0.6) is 0 Å². The molecule has 1 N–H and O–H groups in total. The second-order valence-electron chi connectivity index (χ2n) is 4.77. The molecule has 1 aliphatic heterocycles. The van der Waals surface area contributed by atoms with E-state index < -0.39 is 28.1 Å². The van der Waals surface area contributed by atoms with Gasteiger partial charge < -0.3 is 5.11 Å². The first-order valence-electron chi connectivity index (χ1n) is 6.28. The van der Waals surface area contributed by atoms with Gasteiger partial charge in [0.1, 0.15) is 0 Å². The minimum absolute atomic E-state index is 0.289. The standard InChI is InChI=1S/C11H22N2O4S/c1-4-5-7-12(3)18(16,17)13-8-6-10(9(13)2)11(14)15/h9-10H,4-8H2,1-3H3,(H,14,15). The lowest BCUT2D eigenvalue weighted by Crippen LogP contribution is -2.45. The summed E-state index contributed by atoms with van der Waals surface area (Å²) in [6, 6.07) is -0.475. The van der Waals surface area contributed by atoms with Crippen LogP contribution >= 0.6 is 0 Å². The molecule has 0 aromatic carbocycles. The van der Waals surface area contributed by atoms with E-state index in [0.29, 0.717) is 13.0 Å². The Morgan fingerprint density at radius 3 is 2.56 bits per heavy atom. The highest BCUT2D eigenvalue weighted by Crippen LogP contribution is 2.28. The van der Waals surface area contributed by atoms with Crippen LogP contribution in [0.3, 0.4) is 0 Å². The molecule has 0 aromatic heterocycles. The van der Waals surface area contributed by atoms with Crippen molar-refractivity contribution in [2.45, 2.75) is 39.2 Å². The Kier molecular flexibility index (Phi) is 5.12. The summed E-state index contributed by atoms with van der Waals surface area (Å²) in [5.74, 6) is -1.52. The van der Waals surface area contributed by atoms with Crippen molar-refractivity contribution in [3.63, 3.8) is 0 Å². The summed E-state index contributed by atoms with van der Waals surface area (Å²) in [4.78, 5) is 11.0. The minimum Gasteiger partial charge on any atom is -0.481 e. The maximum absolute atomic E-state index is 12.3. The summed E-state index contributed by atoms with van der Waals surface area (Å²) < 4.78 is 27.2. The number of aliphatic carboxylic acids is 1. The van der Waals surface area contributed by atoms with E-state index in [1.165, 1.54) is 8.61 Å². The number of unbranched alkanes of at least 4 members (excludes halogenated alkanes) is 1. The molecule has 0 bridgehead atoms. The van der Waals surface area contributed by atoms with Crippen LogP contribution in [-0.2, 0) is 15.0 Å². The van der Waals surface area contributed by atoms with Crippen molar-refractivity contribution in [1.29, 1.82) is 0 Å². The fraction of sp³-hybridized carbons (Fsp3) is 0.909. The van der Waals surface area contributed by atoms with E-state index in [0.717, 1.165) is 12.8 Å². The van der Waals surface area contributed by atoms with Crippen LogP contribution in [0.25, 0.3) is 0 Å². The molecule has 2 atom stereocenters. The highest BCUT2D eigenvalue weighted by Gasteiger charge is 2.42. The summed E-state index contributed by atoms with van der Waals surface area (Å²) in [6.07, 6.45) is 2.12. The normalized spacial score (nSPS) is 25.8. The van der Waals surface area contributed by atoms with E-state index in [-0.39, 0.29) is 6.54 Å². The number of hydrogen-bond acceptors (Lipinski definition) is 3. The fourth-order valence-electron chi connectivity index (χ4n) is 2.24. The molecule has 6 nitrogen and oxygen atoms in total. The third-order valence-corrected chi connectivity index (χ3v) is 5.61. The third kappa shape index (κ3) is 3.02. The lowest BCUT2D eigenvalue weighted by atomic mass is 10.0. The van der Waals surface area contributed by atoms with Crippen molar-refractivity contribution >= 4 is 16.2 Å². The molecule has 0 radical (unpaired) electrons. The van der Waals surface area contributed by atoms with Gasteiger partial charge in [-0.3, -0.25) is 4.79 Å². The molecule has 106 valence electrons. The van der Waals surface area contributed by atoms with E-state index in [1.807, 2.05) is 6.92 Å². The van der Waals surface area contributed by atoms with Gasteiger partial charge in [0.15, 0.2) is 0 Å². The minimum atomic E-state index is -3.52. The zero-order valence-electron chi connectivity index (χ0n) is 11.2. The molecule has 0 aliphatic carbocycles. The molecule has 0 amide bonds. The summed E-state index contributed by atoms with van der Waals surface area (Å²) in [5.41, 5.74) is 0. The molecular formula is C11H22N2O4S. The van der Waals surface area contributed by atoms with Gasteiger partial charge >= 0.3 is 5.97 Å². The third-order valence-electron chi connectivity index (χ3n) is 3.53.